The molecule has 2 heterocycles. The molecule has 2 aliphatic heterocycles. The molecular weight excluding hydrogens is 588 g/mol. The highest BCUT2D eigenvalue weighted by Crippen LogP contribution is 2.50. The van der Waals surface area contributed by atoms with E-state index in [1.165, 1.54) is 10.5 Å². The molecule has 7 rings (SSSR count). The molecule has 0 saturated carbocycles. The van der Waals surface area contributed by atoms with E-state index in [4.69, 9.17) is 4.74 Å². The fraction of sp³-hybridized carbons (Fsp3) is 0.300. The Balaban J connectivity index is 1.09. The van der Waals surface area contributed by atoms with Crippen molar-refractivity contribution in [3.63, 3.8) is 0 Å². The van der Waals surface area contributed by atoms with Crippen LogP contribution >= 0.6 is 0 Å². The molecule has 3 N–H and O–H groups in total. The molecule has 1 aliphatic carbocycles. The van der Waals surface area contributed by atoms with Crippen LogP contribution in [0.3, 0.4) is 0 Å². The summed E-state index contributed by atoms with van der Waals surface area (Å²) < 4.78 is 6.38. The number of anilines is 3. The SMILES string of the molecule is CCC/C(=C\c1ccc(O)c2ccccc12)CC[C@H]1OC[C@H]2C1=C(CO)C[C@H]1C(=O)N(c3ccc(Nc4ccccc4)cc3)C(=O)[C@H]12. The molecule has 7 nitrogen and oxygen atoms in total. The largest absolute Gasteiger partial charge is 0.507 e. The lowest BCUT2D eigenvalue weighted by molar-refractivity contribution is -0.122. The Morgan fingerprint density at radius 3 is 2.34 bits per heavy atom. The number of imide groups is 1. The highest BCUT2D eigenvalue weighted by atomic mass is 16.5. The molecule has 0 aromatic heterocycles. The predicted molar refractivity (Wildman–Crippen MR) is 185 cm³/mol. The van der Waals surface area contributed by atoms with Gasteiger partial charge in [0.2, 0.25) is 11.8 Å². The second kappa shape index (κ2) is 13.2. The number of nitrogens with one attached hydrogen (secondary N) is 1. The number of hydrogen-bond donors (Lipinski definition) is 3. The topological polar surface area (TPSA) is 99.1 Å². The molecule has 2 saturated heterocycles. The monoisotopic (exact) mass is 628 g/mol. The van der Waals surface area contributed by atoms with Gasteiger partial charge < -0.3 is 20.3 Å². The smallest absolute Gasteiger partial charge is 0.238 e. The average Bonchev–Trinajstić information content (AvgIpc) is 3.63. The first-order valence-electron chi connectivity index (χ1n) is 16.6. The molecule has 4 atom stereocenters. The van der Waals surface area contributed by atoms with Gasteiger partial charge >= 0.3 is 0 Å². The second-order valence-corrected chi connectivity index (χ2v) is 12.8. The number of carbonyl (C=O) groups is 2. The minimum atomic E-state index is -0.499. The van der Waals surface area contributed by atoms with Crippen LogP contribution in [0.2, 0.25) is 0 Å². The van der Waals surface area contributed by atoms with Gasteiger partial charge in [-0.25, -0.2) is 0 Å². The highest BCUT2D eigenvalue weighted by molar-refractivity contribution is 6.22. The quantitative estimate of drug-likeness (QED) is 0.123. The summed E-state index contributed by atoms with van der Waals surface area (Å²) in [7, 11) is 0. The zero-order valence-corrected chi connectivity index (χ0v) is 26.6. The van der Waals surface area contributed by atoms with Crippen LogP contribution in [0.4, 0.5) is 17.1 Å². The fourth-order valence-electron chi connectivity index (χ4n) is 7.81. The second-order valence-electron chi connectivity index (χ2n) is 12.8. The molecule has 4 aromatic rings. The lowest BCUT2D eigenvalue weighted by Crippen LogP contribution is -2.35. The Morgan fingerprint density at radius 1 is 0.872 bits per heavy atom. The highest BCUT2D eigenvalue weighted by Gasteiger charge is 2.57. The maximum absolute atomic E-state index is 14.0. The number of aliphatic hydroxyl groups excluding tert-OH is 1. The van der Waals surface area contributed by atoms with Crippen molar-refractivity contribution in [1.29, 1.82) is 0 Å². The minimum Gasteiger partial charge on any atom is -0.507 e. The van der Waals surface area contributed by atoms with Crippen molar-refractivity contribution >= 4 is 45.7 Å². The number of aliphatic hydroxyl groups is 1. The van der Waals surface area contributed by atoms with Gasteiger partial charge in [0.15, 0.2) is 0 Å². The maximum atomic E-state index is 14.0. The van der Waals surface area contributed by atoms with E-state index in [1.807, 2.05) is 84.9 Å². The Kier molecular flexibility index (Phi) is 8.67. The zero-order valence-electron chi connectivity index (χ0n) is 26.6. The fourth-order valence-corrected chi connectivity index (χ4v) is 7.81. The molecular formula is C40H40N2O5. The Bertz CT molecular complexity index is 1860. The summed E-state index contributed by atoms with van der Waals surface area (Å²) in [6.07, 6.45) is 5.87. The van der Waals surface area contributed by atoms with Crippen LogP contribution in [-0.4, -0.2) is 41.3 Å². The number of phenols is 1. The molecule has 47 heavy (non-hydrogen) atoms. The van der Waals surface area contributed by atoms with E-state index in [-0.39, 0.29) is 36.2 Å². The Labute approximate surface area is 275 Å². The van der Waals surface area contributed by atoms with Gasteiger partial charge in [-0.2, -0.15) is 0 Å². The number of carbonyl (C=O) groups excluding carboxylic acids is 2. The van der Waals surface area contributed by atoms with Gasteiger partial charge in [-0.05, 0) is 90.2 Å². The first-order valence-corrected chi connectivity index (χ1v) is 16.6. The summed E-state index contributed by atoms with van der Waals surface area (Å²) in [5.41, 5.74) is 6.61. The van der Waals surface area contributed by atoms with E-state index < -0.39 is 11.8 Å². The number of aromatic hydroxyl groups is 1. The van der Waals surface area contributed by atoms with Crippen molar-refractivity contribution in [2.45, 2.75) is 45.1 Å². The molecule has 4 aromatic carbocycles. The molecule has 0 unspecified atom stereocenters. The van der Waals surface area contributed by atoms with Gasteiger partial charge in [-0.3, -0.25) is 14.5 Å². The van der Waals surface area contributed by atoms with Crippen LogP contribution in [0.5, 0.6) is 5.75 Å². The van der Waals surface area contributed by atoms with E-state index in [0.717, 1.165) is 64.5 Å². The van der Waals surface area contributed by atoms with Crippen LogP contribution in [0, 0.1) is 17.8 Å². The van der Waals surface area contributed by atoms with Crippen molar-refractivity contribution in [2.75, 3.05) is 23.4 Å². The van der Waals surface area contributed by atoms with Crippen LogP contribution in [0.25, 0.3) is 16.8 Å². The number of ether oxygens (including phenoxy) is 1. The third-order valence-corrected chi connectivity index (χ3v) is 9.98. The normalized spacial score (nSPS) is 22.6. The van der Waals surface area contributed by atoms with Crippen molar-refractivity contribution in [3.8, 4) is 5.75 Å². The van der Waals surface area contributed by atoms with E-state index in [1.54, 1.807) is 6.07 Å². The number of benzene rings is 4. The zero-order chi connectivity index (χ0) is 32.5. The summed E-state index contributed by atoms with van der Waals surface area (Å²) in [5, 5.41) is 26.0. The van der Waals surface area contributed by atoms with Gasteiger partial charge in [0.25, 0.3) is 0 Å². The van der Waals surface area contributed by atoms with E-state index >= 15 is 0 Å². The average molecular weight is 629 g/mol. The van der Waals surface area contributed by atoms with E-state index in [2.05, 4.69) is 18.3 Å². The minimum absolute atomic E-state index is 0.145. The molecule has 240 valence electrons. The lowest BCUT2D eigenvalue weighted by atomic mass is 9.69. The van der Waals surface area contributed by atoms with E-state index in [0.29, 0.717) is 18.7 Å². The number of allylic oxidation sites excluding steroid dienone is 1. The summed E-state index contributed by atoms with van der Waals surface area (Å²) >= 11 is 0. The Hall–Kier alpha value is -4.72. The summed E-state index contributed by atoms with van der Waals surface area (Å²) in [6.45, 7) is 2.39. The first-order chi connectivity index (χ1) is 23.0. The van der Waals surface area contributed by atoms with Crippen LogP contribution < -0.4 is 10.2 Å². The lowest BCUT2D eigenvalue weighted by Gasteiger charge is -2.31. The Morgan fingerprint density at radius 2 is 1.60 bits per heavy atom. The first kappa shape index (κ1) is 30.9. The number of hydrogen-bond acceptors (Lipinski definition) is 6. The van der Waals surface area contributed by atoms with Crippen molar-refractivity contribution in [2.24, 2.45) is 17.8 Å². The van der Waals surface area contributed by atoms with Crippen molar-refractivity contribution in [3.05, 3.63) is 113 Å². The van der Waals surface area contributed by atoms with Gasteiger partial charge in [-0.15, -0.1) is 0 Å². The van der Waals surface area contributed by atoms with Crippen molar-refractivity contribution in [1.82, 2.24) is 0 Å². The van der Waals surface area contributed by atoms with Gasteiger partial charge in [0.1, 0.15) is 5.75 Å². The van der Waals surface area contributed by atoms with Crippen LogP contribution in [-0.2, 0) is 14.3 Å². The van der Waals surface area contributed by atoms with Crippen LogP contribution in [0.1, 0.15) is 44.6 Å². The molecule has 3 aliphatic rings. The summed E-state index contributed by atoms with van der Waals surface area (Å²) in [5.74, 6) is -1.32. The third kappa shape index (κ3) is 5.86. The molecule has 2 fully saturated rings. The van der Waals surface area contributed by atoms with Gasteiger partial charge in [0, 0.05) is 22.7 Å². The number of para-hydroxylation sites is 1. The van der Waals surface area contributed by atoms with Crippen LogP contribution in [0.15, 0.2) is 108 Å². The standard InChI is InChI=1S/C40H40N2O5/c1-2-8-25(21-26-14-19-35(44)32-12-7-6-11-31(26)32)13-20-36-37-27(23-43)22-33-38(34(37)24-47-36)40(46)42(39(33)45)30-17-15-29(16-18-30)41-28-9-4-3-5-10-28/h3-7,9-12,14-19,21,33-34,36,38,41,43-44H,2,8,13,20,22-24H2,1H3/b25-21+/t33-,34+,36-,38-/m1/s1. The maximum Gasteiger partial charge on any atom is 0.238 e. The van der Waals surface area contributed by atoms with E-state index in [9.17, 15) is 19.8 Å². The number of fused-ring (bicyclic) bond motifs is 4. The molecule has 2 amide bonds. The number of rotatable bonds is 10. The molecule has 7 heteroatoms. The molecule has 0 spiro atoms. The van der Waals surface area contributed by atoms with Crippen molar-refractivity contribution < 1.29 is 24.5 Å². The number of phenolic OH excluding ortho intramolecular Hbond substituents is 1. The predicted octanol–water partition coefficient (Wildman–Crippen LogP) is 7.77. The summed E-state index contributed by atoms with van der Waals surface area (Å²) in [6, 6.07) is 28.8. The third-order valence-electron chi connectivity index (χ3n) is 9.98. The summed E-state index contributed by atoms with van der Waals surface area (Å²) in [4.78, 5) is 29.1. The van der Waals surface area contributed by atoms with Gasteiger partial charge in [0.05, 0.1) is 36.8 Å². The number of nitrogens with zero attached hydrogens (tertiary/aromatic N) is 1. The molecule has 0 radical (unpaired) electrons. The van der Waals surface area contributed by atoms with Gasteiger partial charge in [-0.1, -0.05) is 73.5 Å². The molecule has 0 bridgehead atoms. The number of amides is 2.